The van der Waals surface area contributed by atoms with Crippen molar-refractivity contribution in [1.29, 1.82) is 0 Å². The van der Waals surface area contributed by atoms with Crippen molar-refractivity contribution < 1.29 is 18.6 Å². The van der Waals surface area contributed by atoms with Crippen LogP contribution in [0.3, 0.4) is 0 Å². The Morgan fingerprint density at radius 1 is 1.73 bits per heavy atom. The Morgan fingerprint density at radius 2 is 2.27 bits per heavy atom. The molecule has 0 aliphatic carbocycles. The molecule has 1 aliphatic rings. The highest BCUT2D eigenvalue weighted by Crippen LogP contribution is 2.43. The lowest BCUT2D eigenvalue weighted by atomic mass is 9.97. The van der Waals surface area contributed by atoms with Gasteiger partial charge in [0.05, 0.1) is 12.7 Å². The van der Waals surface area contributed by atoms with E-state index in [2.05, 4.69) is 15.9 Å². The molecule has 0 aromatic rings. The van der Waals surface area contributed by atoms with Crippen molar-refractivity contribution in [3.63, 3.8) is 0 Å². The fourth-order valence-corrected chi connectivity index (χ4v) is 1.63. The first kappa shape index (κ1) is 9.35. The van der Waals surface area contributed by atoms with Crippen LogP contribution < -0.4 is 0 Å². The number of ether oxygens (including phenoxy) is 1. The molecule has 66 valence electrons. The van der Waals surface area contributed by atoms with Crippen LogP contribution in [0, 0.1) is 0 Å². The summed E-state index contributed by atoms with van der Waals surface area (Å²) in [6.07, 6.45) is -0.858. The number of aliphatic hydroxyl groups is 1. The first-order chi connectivity index (χ1) is 4.88. The minimum Gasteiger partial charge on any atom is -0.380 e. The van der Waals surface area contributed by atoms with Gasteiger partial charge in [0.15, 0.2) is 5.60 Å². The van der Waals surface area contributed by atoms with E-state index in [0.29, 0.717) is 0 Å². The molecular weight excluding hydrogens is 222 g/mol. The highest BCUT2D eigenvalue weighted by Gasteiger charge is 2.57. The van der Waals surface area contributed by atoms with Crippen molar-refractivity contribution in [2.45, 2.75) is 29.9 Å². The molecule has 0 aromatic carbocycles. The average molecular weight is 231 g/mol. The van der Waals surface area contributed by atoms with Crippen molar-refractivity contribution >= 4 is 15.9 Å². The number of hydrogen-bond donors (Lipinski definition) is 1. The lowest BCUT2D eigenvalue weighted by Gasteiger charge is -2.30. The number of hydrogen-bond acceptors (Lipinski definition) is 2. The molecule has 5 heteroatoms. The number of rotatable bonds is 1. The standard InChI is InChI=1S/C6H9BrF2O2/c1-4-5(10,2-3-11-4)6(7,8)9/h4,10H,2-3H2,1H3. The summed E-state index contributed by atoms with van der Waals surface area (Å²) in [5.74, 6) is 0. The molecule has 2 nitrogen and oxygen atoms in total. The van der Waals surface area contributed by atoms with Gasteiger partial charge in [-0.15, -0.1) is 0 Å². The van der Waals surface area contributed by atoms with Gasteiger partial charge >= 0.3 is 4.83 Å². The Morgan fingerprint density at radius 3 is 2.45 bits per heavy atom. The van der Waals surface area contributed by atoms with Crippen LogP contribution in [0.4, 0.5) is 8.78 Å². The Kier molecular flexibility index (Phi) is 2.24. The maximum Gasteiger partial charge on any atom is 0.332 e. The van der Waals surface area contributed by atoms with Gasteiger partial charge in [-0.25, -0.2) is 0 Å². The summed E-state index contributed by atoms with van der Waals surface area (Å²) in [7, 11) is 0. The summed E-state index contributed by atoms with van der Waals surface area (Å²) in [5.41, 5.74) is -2.05. The molecule has 1 heterocycles. The molecule has 0 radical (unpaired) electrons. The smallest absolute Gasteiger partial charge is 0.332 e. The zero-order valence-corrected chi connectivity index (χ0v) is 7.57. The van der Waals surface area contributed by atoms with E-state index >= 15 is 0 Å². The minimum atomic E-state index is -3.27. The van der Waals surface area contributed by atoms with Crippen molar-refractivity contribution in [2.75, 3.05) is 6.61 Å². The zero-order chi connectivity index (χ0) is 8.70. The fraction of sp³-hybridized carbons (Fsp3) is 1.00. The lowest BCUT2D eigenvalue weighted by Crippen LogP contribution is -2.49. The van der Waals surface area contributed by atoms with E-state index in [0.717, 1.165) is 0 Å². The van der Waals surface area contributed by atoms with Gasteiger partial charge in [0.25, 0.3) is 0 Å². The van der Waals surface area contributed by atoms with E-state index in [9.17, 15) is 13.9 Å². The first-order valence-electron chi connectivity index (χ1n) is 3.28. The number of halogens is 3. The maximum atomic E-state index is 12.6. The van der Waals surface area contributed by atoms with E-state index < -0.39 is 16.5 Å². The van der Waals surface area contributed by atoms with Gasteiger partial charge in [-0.3, -0.25) is 0 Å². The molecule has 0 bridgehead atoms. The monoisotopic (exact) mass is 230 g/mol. The molecule has 11 heavy (non-hydrogen) atoms. The highest BCUT2D eigenvalue weighted by molar-refractivity contribution is 9.10. The summed E-state index contributed by atoms with van der Waals surface area (Å²) in [6.45, 7) is 1.61. The summed E-state index contributed by atoms with van der Waals surface area (Å²) >= 11 is 2.14. The van der Waals surface area contributed by atoms with Gasteiger partial charge in [-0.2, -0.15) is 8.78 Å². The van der Waals surface area contributed by atoms with Crippen molar-refractivity contribution in [3.05, 3.63) is 0 Å². The van der Waals surface area contributed by atoms with Crippen LogP contribution in [0.5, 0.6) is 0 Å². The second kappa shape index (κ2) is 2.64. The van der Waals surface area contributed by atoms with E-state index in [1.54, 1.807) is 0 Å². The second-order valence-corrected chi connectivity index (χ2v) is 3.68. The van der Waals surface area contributed by atoms with Gasteiger partial charge in [-0.1, -0.05) is 0 Å². The molecule has 0 saturated carbocycles. The van der Waals surface area contributed by atoms with E-state index in [1.807, 2.05) is 0 Å². The molecule has 0 aromatic heterocycles. The Bertz CT molecular complexity index is 159. The third kappa shape index (κ3) is 1.41. The van der Waals surface area contributed by atoms with Crippen molar-refractivity contribution in [1.82, 2.24) is 0 Å². The molecule has 1 saturated heterocycles. The molecule has 2 unspecified atom stereocenters. The minimum absolute atomic E-state index is 0.0353. The van der Waals surface area contributed by atoms with Crippen LogP contribution in [0.1, 0.15) is 13.3 Å². The summed E-state index contributed by atoms with van der Waals surface area (Å²) in [4.78, 5) is -3.27. The van der Waals surface area contributed by atoms with Crippen LogP contribution in [0.15, 0.2) is 0 Å². The molecule has 2 atom stereocenters. The molecule has 1 fully saturated rings. The van der Waals surface area contributed by atoms with E-state index in [4.69, 9.17) is 4.74 Å². The van der Waals surface area contributed by atoms with Gasteiger partial charge < -0.3 is 9.84 Å². The summed E-state index contributed by atoms with van der Waals surface area (Å²) < 4.78 is 30.1. The first-order valence-corrected chi connectivity index (χ1v) is 4.08. The second-order valence-electron chi connectivity index (χ2n) is 2.69. The third-order valence-electron chi connectivity index (χ3n) is 2.01. The van der Waals surface area contributed by atoms with Crippen LogP contribution >= 0.6 is 15.9 Å². The quantitative estimate of drug-likeness (QED) is 0.693. The van der Waals surface area contributed by atoms with Gasteiger partial charge in [-0.05, 0) is 22.9 Å². The summed E-state index contributed by atoms with van der Waals surface area (Å²) in [5, 5.41) is 9.37. The van der Waals surface area contributed by atoms with Crippen LogP contribution in [-0.2, 0) is 4.74 Å². The van der Waals surface area contributed by atoms with E-state index in [-0.39, 0.29) is 13.0 Å². The average Bonchev–Trinajstić information content (AvgIpc) is 2.12. The normalized spacial score (nSPS) is 39.5. The molecule has 1 rings (SSSR count). The van der Waals surface area contributed by atoms with Gasteiger partial charge in [0, 0.05) is 6.42 Å². The number of alkyl halides is 3. The van der Waals surface area contributed by atoms with Gasteiger partial charge in [0.1, 0.15) is 0 Å². The highest BCUT2D eigenvalue weighted by atomic mass is 79.9. The van der Waals surface area contributed by atoms with E-state index in [1.165, 1.54) is 6.92 Å². The maximum absolute atomic E-state index is 12.6. The van der Waals surface area contributed by atoms with Crippen molar-refractivity contribution in [3.8, 4) is 0 Å². The fourth-order valence-electron chi connectivity index (χ4n) is 1.10. The predicted molar refractivity (Wildman–Crippen MR) is 38.9 cm³/mol. The topological polar surface area (TPSA) is 29.5 Å². The van der Waals surface area contributed by atoms with Gasteiger partial charge in [0.2, 0.25) is 0 Å². The zero-order valence-electron chi connectivity index (χ0n) is 5.98. The lowest BCUT2D eigenvalue weighted by molar-refractivity contribution is -0.142. The van der Waals surface area contributed by atoms with Crippen LogP contribution in [0.25, 0.3) is 0 Å². The van der Waals surface area contributed by atoms with Crippen LogP contribution in [-0.4, -0.2) is 28.3 Å². The van der Waals surface area contributed by atoms with Crippen LogP contribution in [0.2, 0.25) is 0 Å². The molecular formula is C6H9BrF2O2. The molecule has 1 N–H and O–H groups in total. The molecule has 1 aliphatic heterocycles. The van der Waals surface area contributed by atoms with Crippen molar-refractivity contribution in [2.24, 2.45) is 0 Å². The molecule has 0 spiro atoms. The summed E-state index contributed by atoms with van der Waals surface area (Å²) in [6, 6.07) is 0. The Balaban J connectivity index is 2.81. The Labute approximate surface area is 71.7 Å². The largest absolute Gasteiger partial charge is 0.380 e. The Hall–Kier alpha value is 0.260. The molecule has 0 amide bonds. The third-order valence-corrected chi connectivity index (χ3v) is 2.70. The SMILES string of the molecule is CC1OCCC1(O)C(F)(F)Br. The predicted octanol–water partition coefficient (Wildman–Crippen LogP) is 1.51.